The summed E-state index contributed by atoms with van der Waals surface area (Å²) in [6.07, 6.45) is 0. The number of ether oxygens (including phenoxy) is 1. The van der Waals surface area contributed by atoms with Crippen molar-refractivity contribution in [1.82, 2.24) is 5.32 Å². The molecule has 5 heteroatoms. The van der Waals surface area contributed by atoms with Gasteiger partial charge in [-0.2, -0.15) is 0 Å². The van der Waals surface area contributed by atoms with Crippen molar-refractivity contribution in [2.24, 2.45) is 0 Å². The Kier molecular flexibility index (Phi) is 3.91. The first-order chi connectivity index (χ1) is 10.3. The minimum absolute atomic E-state index is 0.124. The van der Waals surface area contributed by atoms with Crippen molar-refractivity contribution in [2.75, 3.05) is 13.2 Å². The predicted octanol–water partition coefficient (Wildman–Crippen LogP) is 1.96. The molecule has 1 aromatic heterocycles. The molecule has 1 aliphatic heterocycles. The number of aliphatic hydroxyl groups excluding tert-OH is 1. The zero-order valence-corrected chi connectivity index (χ0v) is 11.9. The second-order valence-electron chi connectivity index (χ2n) is 4.53. The lowest BCUT2D eigenvalue weighted by molar-refractivity contribution is 0.0931. The van der Waals surface area contributed by atoms with Gasteiger partial charge in [-0.05, 0) is 12.1 Å². The van der Waals surface area contributed by atoms with E-state index in [1.54, 1.807) is 11.4 Å². The zero-order valence-electron chi connectivity index (χ0n) is 11.1. The third-order valence-corrected chi connectivity index (χ3v) is 4.00. The fourth-order valence-electron chi connectivity index (χ4n) is 2.17. The van der Waals surface area contributed by atoms with Crippen LogP contribution in [-0.2, 0) is 0 Å². The lowest BCUT2D eigenvalue weighted by Crippen LogP contribution is -2.29. The summed E-state index contributed by atoms with van der Waals surface area (Å²) in [5.74, 6) is 6.04. The summed E-state index contributed by atoms with van der Waals surface area (Å²) in [6.45, 7) is 0.266. The van der Waals surface area contributed by atoms with Crippen molar-refractivity contribution in [3.05, 3.63) is 51.7 Å². The van der Waals surface area contributed by atoms with Crippen LogP contribution in [0.1, 0.15) is 26.8 Å². The second kappa shape index (κ2) is 6.00. The molecule has 0 saturated heterocycles. The highest BCUT2D eigenvalue weighted by atomic mass is 32.1. The number of nitrogens with one attached hydrogen (secondary N) is 1. The quantitative estimate of drug-likeness (QED) is 0.833. The molecule has 1 unspecified atom stereocenters. The van der Waals surface area contributed by atoms with E-state index >= 15 is 0 Å². The molecule has 2 heterocycles. The Morgan fingerprint density at radius 3 is 3.19 bits per heavy atom. The number of fused-ring (bicyclic) bond motifs is 1. The summed E-state index contributed by atoms with van der Waals surface area (Å²) in [5.41, 5.74) is 1.58. The van der Waals surface area contributed by atoms with Crippen LogP contribution in [0.5, 0.6) is 5.75 Å². The molecular weight excluding hydrogens is 286 g/mol. The van der Waals surface area contributed by atoms with Gasteiger partial charge in [-0.1, -0.05) is 30.0 Å². The maximum absolute atomic E-state index is 12.2. The topological polar surface area (TPSA) is 58.6 Å². The van der Waals surface area contributed by atoms with E-state index in [0.29, 0.717) is 12.2 Å². The van der Waals surface area contributed by atoms with Gasteiger partial charge < -0.3 is 15.2 Å². The summed E-state index contributed by atoms with van der Waals surface area (Å²) in [6, 6.07) is 9.30. The van der Waals surface area contributed by atoms with Gasteiger partial charge in [-0.3, -0.25) is 4.79 Å². The van der Waals surface area contributed by atoms with Crippen molar-refractivity contribution in [1.29, 1.82) is 0 Å². The van der Waals surface area contributed by atoms with Crippen LogP contribution in [0.15, 0.2) is 35.7 Å². The Labute approximate surface area is 126 Å². The molecule has 0 fully saturated rings. The lowest BCUT2D eigenvalue weighted by atomic mass is 10.1. The number of para-hydroxylation sites is 1. The highest BCUT2D eigenvalue weighted by molar-refractivity contribution is 7.10. The average molecular weight is 299 g/mol. The number of carbonyl (C=O) groups is 1. The van der Waals surface area contributed by atoms with Crippen molar-refractivity contribution in [3.8, 4) is 17.6 Å². The molecule has 0 spiro atoms. The summed E-state index contributed by atoms with van der Waals surface area (Å²) < 4.78 is 5.54. The molecule has 1 amide bonds. The highest BCUT2D eigenvalue weighted by Crippen LogP contribution is 2.31. The Bertz CT molecular complexity index is 726. The van der Waals surface area contributed by atoms with Gasteiger partial charge in [0.25, 0.3) is 5.91 Å². The molecule has 1 aliphatic rings. The van der Waals surface area contributed by atoms with E-state index in [0.717, 1.165) is 16.2 Å². The lowest BCUT2D eigenvalue weighted by Gasteiger charge is -2.10. The van der Waals surface area contributed by atoms with E-state index in [1.165, 1.54) is 11.3 Å². The number of thiophene rings is 1. The van der Waals surface area contributed by atoms with Crippen LogP contribution in [0, 0.1) is 11.8 Å². The Hall–Kier alpha value is -2.29. The number of amides is 1. The molecule has 2 N–H and O–H groups in total. The first-order valence-electron chi connectivity index (χ1n) is 6.49. The average Bonchev–Trinajstić information content (AvgIpc) is 3.13. The van der Waals surface area contributed by atoms with Gasteiger partial charge in [0.1, 0.15) is 19.0 Å². The molecule has 21 heavy (non-hydrogen) atoms. The van der Waals surface area contributed by atoms with E-state index in [2.05, 4.69) is 17.2 Å². The third kappa shape index (κ3) is 2.92. The van der Waals surface area contributed by atoms with Crippen LogP contribution in [0.3, 0.4) is 0 Å². The minimum Gasteiger partial charge on any atom is -0.491 e. The Morgan fingerprint density at radius 2 is 2.33 bits per heavy atom. The van der Waals surface area contributed by atoms with E-state index in [1.807, 2.05) is 24.3 Å². The van der Waals surface area contributed by atoms with Crippen molar-refractivity contribution in [3.63, 3.8) is 0 Å². The van der Waals surface area contributed by atoms with Crippen molar-refractivity contribution in [2.45, 2.75) is 6.04 Å². The maximum atomic E-state index is 12.2. The molecule has 0 aliphatic carbocycles. The number of aliphatic hydroxyl groups is 1. The minimum atomic E-state index is -0.185. The Balaban J connectivity index is 1.71. The van der Waals surface area contributed by atoms with Gasteiger partial charge in [-0.15, -0.1) is 11.3 Å². The van der Waals surface area contributed by atoms with E-state index in [-0.39, 0.29) is 18.6 Å². The number of hydrogen-bond acceptors (Lipinski definition) is 4. The zero-order chi connectivity index (χ0) is 14.7. The molecule has 0 bridgehead atoms. The van der Waals surface area contributed by atoms with Crippen LogP contribution < -0.4 is 10.1 Å². The van der Waals surface area contributed by atoms with Crippen LogP contribution >= 0.6 is 11.3 Å². The van der Waals surface area contributed by atoms with E-state index in [9.17, 15) is 4.79 Å². The van der Waals surface area contributed by atoms with Crippen molar-refractivity contribution < 1.29 is 14.6 Å². The number of carbonyl (C=O) groups excluding carboxylic acids is 1. The molecule has 0 radical (unpaired) electrons. The maximum Gasteiger partial charge on any atom is 0.252 e. The van der Waals surface area contributed by atoms with Gasteiger partial charge in [0.2, 0.25) is 0 Å². The summed E-state index contributed by atoms with van der Waals surface area (Å²) in [4.78, 5) is 13.0. The fourth-order valence-corrected chi connectivity index (χ4v) is 2.93. The second-order valence-corrected chi connectivity index (χ2v) is 5.45. The van der Waals surface area contributed by atoms with Gasteiger partial charge in [0, 0.05) is 10.9 Å². The van der Waals surface area contributed by atoms with Gasteiger partial charge >= 0.3 is 0 Å². The molecule has 2 aromatic rings. The number of benzene rings is 1. The summed E-state index contributed by atoms with van der Waals surface area (Å²) in [5, 5.41) is 13.4. The smallest absolute Gasteiger partial charge is 0.252 e. The van der Waals surface area contributed by atoms with Crippen LogP contribution in [-0.4, -0.2) is 24.2 Å². The standard InChI is InChI=1S/C16H13NO3S/c18-7-3-4-12-8-11(10-21-12)16(19)17-14-9-20-15-6-2-1-5-13(14)15/h1-2,5-6,8,10,14,18H,7,9H2,(H,17,19). The largest absolute Gasteiger partial charge is 0.491 e. The normalized spacial score (nSPS) is 15.6. The molecule has 4 nitrogen and oxygen atoms in total. The van der Waals surface area contributed by atoms with Crippen LogP contribution in [0.4, 0.5) is 0 Å². The number of rotatable bonds is 2. The molecule has 106 valence electrons. The molecular formula is C16H13NO3S. The van der Waals surface area contributed by atoms with Crippen LogP contribution in [0.25, 0.3) is 0 Å². The van der Waals surface area contributed by atoms with E-state index < -0.39 is 0 Å². The SMILES string of the molecule is O=C(NC1COc2ccccc21)c1csc(C#CCO)c1. The highest BCUT2D eigenvalue weighted by Gasteiger charge is 2.25. The summed E-state index contributed by atoms with van der Waals surface area (Å²) >= 11 is 1.38. The fraction of sp³-hybridized carbons (Fsp3) is 0.188. The van der Waals surface area contributed by atoms with Gasteiger partial charge in [-0.25, -0.2) is 0 Å². The first kappa shape index (κ1) is 13.7. The van der Waals surface area contributed by atoms with Crippen molar-refractivity contribution >= 4 is 17.2 Å². The molecule has 1 aromatic carbocycles. The van der Waals surface area contributed by atoms with Gasteiger partial charge in [0.15, 0.2) is 0 Å². The molecule has 0 saturated carbocycles. The Morgan fingerprint density at radius 1 is 1.48 bits per heavy atom. The van der Waals surface area contributed by atoms with E-state index in [4.69, 9.17) is 9.84 Å². The van der Waals surface area contributed by atoms with Gasteiger partial charge in [0.05, 0.1) is 16.5 Å². The third-order valence-electron chi connectivity index (χ3n) is 3.16. The summed E-state index contributed by atoms with van der Waals surface area (Å²) in [7, 11) is 0. The first-order valence-corrected chi connectivity index (χ1v) is 7.37. The molecule has 3 rings (SSSR count). The number of hydrogen-bond donors (Lipinski definition) is 2. The molecule has 1 atom stereocenters. The predicted molar refractivity (Wildman–Crippen MR) is 80.4 cm³/mol. The monoisotopic (exact) mass is 299 g/mol. The van der Waals surface area contributed by atoms with Crippen LogP contribution in [0.2, 0.25) is 0 Å².